The fraction of sp³-hybridized carbons (Fsp3) is 0.333. The van der Waals surface area contributed by atoms with Gasteiger partial charge in [-0.25, -0.2) is 4.39 Å². The van der Waals surface area contributed by atoms with E-state index in [2.05, 4.69) is 11.8 Å². The van der Waals surface area contributed by atoms with E-state index in [0.29, 0.717) is 18.4 Å². The molecular weight excluding hydrogens is 213 g/mol. The predicted octanol–water partition coefficient (Wildman–Crippen LogP) is 3.28. The van der Waals surface area contributed by atoms with Crippen LogP contribution in [0, 0.1) is 17.7 Å². The van der Waals surface area contributed by atoms with Crippen LogP contribution in [-0.2, 0) is 0 Å². The zero-order valence-electron chi connectivity index (χ0n) is 8.56. The number of nitrogens with two attached hydrogens (primary N) is 1. The molecule has 0 saturated carbocycles. The number of benzene rings is 1. The van der Waals surface area contributed by atoms with Gasteiger partial charge < -0.3 is 5.73 Å². The van der Waals surface area contributed by atoms with Gasteiger partial charge in [-0.2, -0.15) is 0 Å². The van der Waals surface area contributed by atoms with E-state index in [0.717, 1.165) is 0 Å². The van der Waals surface area contributed by atoms with Gasteiger partial charge in [0.25, 0.3) is 0 Å². The average molecular weight is 226 g/mol. The van der Waals surface area contributed by atoms with Crippen LogP contribution in [0.25, 0.3) is 0 Å². The van der Waals surface area contributed by atoms with Crippen LogP contribution >= 0.6 is 11.6 Å². The third-order valence-electron chi connectivity index (χ3n) is 2.14. The van der Waals surface area contributed by atoms with Crippen molar-refractivity contribution in [3.8, 4) is 11.8 Å². The molecule has 80 valence electrons. The molecule has 1 aromatic rings. The molecule has 0 spiro atoms. The first-order valence-corrected chi connectivity index (χ1v) is 5.13. The highest BCUT2D eigenvalue weighted by molar-refractivity contribution is 6.31. The molecular formula is C12H13ClFN. The van der Waals surface area contributed by atoms with Crippen LogP contribution in [-0.4, -0.2) is 0 Å². The largest absolute Gasteiger partial charge is 0.324 e. The van der Waals surface area contributed by atoms with Gasteiger partial charge in [-0.15, -0.1) is 11.8 Å². The Labute approximate surface area is 94.4 Å². The lowest BCUT2D eigenvalue weighted by Crippen LogP contribution is -2.10. The fourth-order valence-corrected chi connectivity index (χ4v) is 1.58. The first-order valence-electron chi connectivity index (χ1n) is 4.76. The molecule has 0 saturated heterocycles. The molecule has 1 nitrogen and oxygen atoms in total. The number of halogens is 2. The standard InChI is InChI=1S/C12H13ClFN/c1-2-3-4-8-11(15)9-6-5-7-10(14)12(9)13/h5-7,11H,4,8,15H2,1H3. The molecule has 0 aliphatic carbocycles. The molecule has 0 radical (unpaired) electrons. The Morgan fingerprint density at radius 3 is 2.93 bits per heavy atom. The molecule has 0 aromatic heterocycles. The van der Waals surface area contributed by atoms with Crippen LogP contribution in [0.3, 0.4) is 0 Å². The minimum absolute atomic E-state index is 0.120. The Balaban J connectivity index is 2.76. The zero-order valence-corrected chi connectivity index (χ0v) is 9.31. The molecule has 1 rings (SSSR count). The minimum atomic E-state index is -0.425. The van der Waals surface area contributed by atoms with E-state index >= 15 is 0 Å². The van der Waals surface area contributed by atoms with E-state index in [1.165, 1.54) is 6.07 Å². The average Bonchev–Trinajstić information content (AvgIpc) is 2.22. The van der Waals surface area contributed by atoms with E-state index in [1.54, 1.807) is 19.1 Å². The quantitative estimate of drug-likeness (QED) is 0.785. The Morgan fingerprint density at radius 2 is 2.27 bits per heavy atom. The smallest absolute Gasteiger partial charge is 0.142 e. The van der Waals surface area contributed by atoms with Gasteiger partial charge in [0.15, 0.2) is 0 Å². The second kappa shape index (κ2) is 5.75. The lowest BCUT2D eigenvalue weighted by Gasteiger charge is -2.12. The van der Waals surface area contributed by atoms with Crippen LogP contribution in [0.2, 0.25) is 5.02 Å². The van der Waals surface area contributed by atoms with Gasteiger partial charge in [0.1, 0.15) is 5.82 Å². The van der Waals surface area contributed by atoms with E-state index in [9.17, 15) is 4.39 Å². The van der Waals surface area contributed by atoms with Gasteiger partial charge >= 0.3 is 0 Å². The Hall–Kier alpha value is -1.04. The van der Waals surface area contributed by atoms with Crippen molar-refractivity contribution in [3.63, 3.8) is 0 Å². The molecule has 0 heterocycles. The molecule has 3 heteroatoms. The zero-order chi connectivity index (χ0) is 11.3. The van der Waals surface area contributed by atoms with E-state index in [1.807, 2.05) is 0 Å². The first kappa shape index (κ1) is 12.0. The number of hydrogen-bond acceptors (Lipinski definition) is 1. The summed E-state index contributed by atoms with van der Waals surface area (Å²) in [6.45, 7) is 1.78. The molecule has 0 aliphatic rings. The lowest BCUT2D eigenvalue weighted by molar-refractivity contribution is 0.613. The van der Waals surface area contributed by atoms with Crippen molar-refractivity contribution < 1.29 is 4.39 Å². The first-order chi connectivity index (χ1) is 7.16. The van der Waals surface area contributed by atoms with E-state index in [4.69, 9.17) is 17.3 Å². The van der Waals surface area contributed by atoms with Crippen LogP contribution in [0.1, 0.15) is 31.4 Å². The van der Waals surface area contributed by atoms with Crippen molar-refractivity contribution in [2.75, 3.05) is 0 Å². The molecule has 0 amide bonds. The molecule has 15 heavy (non-hydrogen) atoms. The molecule has 0 fully saturated rings. The highest BCUT2D eigenvalue weighted by Crippen LogP contribution is 2.26. The van der Waals surface area contributed by atoms with Gasteiger partial charge in [0, 0.05) is 12.5 Å². The fourth-order valence-electron chi connectivity index (χ4n) is 1.32. The maximum absolute atomic E-state index is 13.1. The summed E-state index contributed by atoms with van der Waals surface area (Å²) >= 11 is 5.81. The van der Waals surface area contributed by atoms with Crippen molar-refractivity contribution in [2.45, 2.75) is 25.8 Å². The Morgan fingerprint density at radius 1 is 1.53 bits per heavy atom. The highest BCUT2D eigenvalue weighted by Gasteiger charge is 2.12. The van der Waals surface area contributed by atoms with Crippen LogP contribution in [0.4, 0.5) is 4.39 Å². The monoisotopic (exact) mass is 225 g/mol. The van der Waals surface area contributed by atoms with Crippen LogP contribution in [0.15, 0.2) is 18.2 Å². The minimum Gasteiger partial charge on any atom is -0.324 e. The summed E-state index contributed by atoms with van der Waals surface area (Å²) < 4.78 is 13.1. The van der Waals surface area contributed by atoms with Crippen molar-refractivity contribution in [3.05, 3.63) is 34.6 Å². The molecule has 1 atom stereocenters. The van der Waals surface area contributed by atoms with Gasteiger partial charge in [-0.3, -0.25) is 0 Å². The number of rotatable bonds is 3. The summed E-state index contributed by atoms with van der Waals surface area (Å²) in [4.78, 5) is 0. The second-order valence-corrected chi connectivity index (χ2v) is 3.59. The van der Waals surface area contributed by atoms with E-state index < -0.39 is 5.82 Å². The molecule has 0 bridgehead atoms. The SMILES string of the molecule is CC#CCCC(N)c1cccc(F)c1Cl. The van der Waals surface area contributed by atoms with Crippen molar-refractivity contribution in [2.24, 2.45) is 5.73 Å². The highest BCUT2D eigenvalue weighted by atomic mass is 35.5. The summed E-state index contributed by atoms with van der Waals surface area (Å²) in [6.07, 6.45) is 1.38. The second-order valence-electron chi connectivity index (χ2n) is 3.21. The molecule has 2 N–H and O–H groups in total. The van der Waals surface area contributed by atoms with Gasteiger partial charge in [-0.1, -0.05) is 23.7 Å². The van der Waals surface area contributed by atoms with Crippen molar-refractivity contribution in [1.82, 2.24) is 0 Å². The van der Waals surface area contributed by atoms with Crippen molar-refractivity contribution in [1.29, 1.82) is 0 Å². The summed E-state index contributed by atoms with van der Waals surface area (Å²) in [5.74, 6) is 5.28. The maximum atomic E-state index is 13.1. The third kappa shape index (κ3) is 3.23. The summed E-state index contributed by atoms with van der Waals surface area (Å²) in [5.41, 5.74) is 6.53. The number of hydrogen-bond donors (Lipinski definition) is 1. The maximum Gasteiger partial charge on any atom is 0.142 e. The van der Waals surface area contributed by atoms with Crippen LogP contribution in [0.5, 0.6) is 0 Å². The summed E-state index contributed by atoms with van der Waals surface area (Å²) in [7, 11) is 0. The summed E-state index contributed by atoms with van der Waals surface area (Å²) in [5, 5.41) is 0.120. The molecule has 1 unspecified atom stereocenters. The van der Waals surface area contributed by atoms with Gasteiger partial charge in [-0.05, 0) is 25.0 Å². The third-order valence-corrected chi connectivity index (χ3v) is 2.54. The van der Waals surface area contributed by atoms with Gasteiger partial charge in [0.05, 0.1) is 5.02 Å². The Bertz CT molecular complexity index is 392. The van der Waals surface area contributed by atoms with E-state index in [-0.39, 0.29) is 11.1 Å². The Kier molecular flexibility index (Phi) is 4.61. The molecule has 0 aliphatic heterocycles. The normalized spacial score (nSPS) is 11.7. The lowest BCUT2D eigenvalue weighted by atomic mass is 10.0. The van der Waals surface area contributed by atoms with Crippen molar-refractivity contribution >= 4 is 11.6 Å². The predicted molar refractivity (Wildman–Crippen MR) is 61.0 cm³/mol. The van der Waals surface area contributed by atoms with Gasteiger partial charge in [0.2, 0.25) is 0 Å². The summed E-state index contributed by atoms with van der Waals surface area (Å²) in [6, 6.07) is 4.43. The molecule has 1 aromatic carbocycles. The topological polar surface area (TPSA) is 26.0 Å². The van der Waals surface area contributed by atoms with Crippen LogP contribution < -0.4 is 5.73 Å².